The van der Waals surface area contributed by atoms with Crippen molar-refractivity contribution in [3.05, 3.63) is 82.0 Å². The van der Waals surface area contributed by atoms with Crippen molar-refractivity contribution in [2.75, 3.05) is 0 Å². The molecule has 0 fully saturated rings. The molecule has 4 heteroatoms. The summed E-state index contributed by atoms with van der Waals surface area (Å²) in [5.74, 6) is 0. The van der Waals surface area contributed by atoms with Crippen molar-refractivity contribution < 1.29 is 4.92 Å². The molecule has 3 rings (SSSR count). The molecule has 1 aromatic heterocycles. The third kappa shape index (κ3) is 2.36. The van der Waals surface area contributed by atoms with E-state index in [0.29, 0.717) is 23.0 Å². The third-order valence-corrected chi connectivity index (χ3v) is 3.17. The maximum absolute atomic E-state index is 11.2. The predicted molar refractivity (Wildman–Crippen MR) is 77.6 cm³/mol. The van der Waals surface area contributed by atoms with Gasteiger partial charge in [-0.05, 0) is 17.7 Å². The van der Waals surface area contributed by atoms with Gasteiger partial charge in [0.05, 0.1) is 21.5 Å². The first-order valence-corrected chi connectivity index (χ1v) is 6.31. The molecule has 0 aliphatic heterocycles. The third-order valence-electron chi connectivity index (χ3n) is 3.17. The second-order valence-corrected chi connectivity index (χ2v) is 4.57. The largest absolute Gasteiger partial charge is 0.280 e. The summed E-state index contributed by atoms with van der Waals surface area (Å²) in [6.45, 7) is 0. The van der Waals surface area contributed by atoms with E-state index in [0.717, 1.165) is 5.56 Å². The Bertz CT molecular complexity index is 770. The number of nitro groups is 1. The second-order valence-electron chi connectivity index (χ2n) is 4.57. The minimum absolute atomic E-state index is 0.113. The maximum Gasteiger partial charge on any atom is 0.280 e. The number of pyridine rings is 1. The molecule has 0 N–H and O–H groups in total. The first-order valence-electron chi connectivity index (χ1n) is 6.31. The molecule has 1 heterocycles. The fraction of sp³-hybridized carbons (Fsp3) is 0.0625. The smallest absolute Gasteiger partial charge is 0.258 e. The fourth-order valence-corrected chi connectivity index (χ4v) is 2.26. The highest BCUT2D eigenvalue weighted by Crippen LogP contribution is 2.25. The van der Waals surface area contributed by atoms with E-state index >= 15 is 0 Å². The molecule has 98 valence electrons. The molecule has 0 bridgehead atoms. The molecular formula is C16H12N2O2. The molecule has 0 saturated heterocycles. The fourth-order valence-electron chi connectivity index (χ4n) is 2.26. The standard InChI is InChI=1S/C16H12N2O2/c19-18(20)16-11-13(10-12-6-2-1-3-7-12)17-15-9-5-4-8-14(15)16/h1-9,11H,10H2. The molecule has 0 aliphatic rings. The summed E-state index contributed by atoms with van der Waals surface area (Å²) in [6, 6.07) is 18.5. The number of hydrogen-bond donors (Lipinski definition) is 0. The van der Waals surface area contributed by atoms with Crippen molar-refractivity contribution in [3.63, 3.8) is 0 Å². The number of hydrogen-bond acceptors (Lipinski definition) is 3. The average Bonchev–Trinajstić information content (AvgIpc) is 2.47. The molecule has 3 aromatic rings. The van der Waals surface area contributed by atoms with E-state index in [9.17, 15) is 10.1 Å². The summed E-state index contributed by atoms with van der Waals surface area (Å²) >= 11 is 0. The highest BCUT2D eigenvalue weighted by Gasteiger charge is 2.14. The zero-order valence-corrected chi connectivity index (χ0v) is 10.7. The Kier molecular flexibility index (Phi) is 3.13. The Balaban J connectivity index is 2.10. The van der Waals surface area contributed by atoms with Crippen molar-refractivity contribution in [1.82, 2.24) is 4.98 Å². The van der Waals surface area contributed by atoms with Gasteiger partial charge in [-0.25, -0.2) is 0 Å². The van der Waals surface area contributed by atoms with Crippen molar-refractivity contribution in [2.45, 2.75) is 6.42 Å². The minimum atomic E-state index is -0.349. The lowest BCUT2D eigenvalue weighted by Crippen LogP contribution is -1.97. The van der Waals surface area contributed by atoms with Crippen LogP contribution in [0.3, 0.4) is 0 Å². The van der Waals surface area contributed by atoms with Crippen LogP contribution in [0.1, 0.15) is 11.3 Å². The quantitative estimate of drug-likeness (QED) is 0.535. The lowest BCUT2D eigenvalue weighted by atomic mass is 10.1. The summed E-state index contributed by atoms with van der Waals surface area (Å²) in [7, 11) is 0. The predicted octanol–water partition coefficient (Wildman–Crippen LogP) is 3.73. The van der Waals surface area contributed by atoms with E-state index in [1.807, 2.05) is 36.4 Å². The highest BCUT2D eigenvalue weighted by atomic mass is 16.6. The van der Waals surface area contributed by atoms with E-state index < -0.39 is 0 Å². The number of fused-ring (bicyclic) bond motifs is 1. The number of rotatable bonds is 3. The molecule has 20 heavy (non-hydrogen) atoms. The van der Waals surface area contributed by atoms with Crippen LogP contribution in [0.4, 0.5) is 5.69 Å². The van der Waals surface area contributed by atoms with Crippen LogP contribution in [0.15, 0.2) is 60.7 Å². The highest BCUT2D eigenvalue weighted by molar-refractivity contribution is 5.87. The molecule has 0 amide bonds. The van der Waals surface area contributed by atoms with Gasteiger partial charge in [-0.3, -0.25) is 15.1 Å². The van der Waals surface area contributed by atoms with Gasteiger partial charge in [-0.2, -0.15) is 0 Å². The van der Waals surface area contributed by atoms with Crippen LogP contribution in [-0.2, 0) is 6.42 Å². The van der Waals surface area contributed by atoms with E-state index in [-0.39, 0.29) is 10.6 Å². The molecule has 0 spiro atoms. The number of aromatic nitrogens is 1. The zero-order valence-electron chi connectivity index (χ0n) is 10.7. The van der Waals surface area contributed by atoms with Crippen LogP contribution in [0.25, 0.3) is 10.9 Å². The Labute approximate surface area is 115 Å². The average molecular weight is 264 g/mol. The van der Waals surface area contributed by atoms with Gasteiger partial charge in [-0.1, -0.05) is 42.5 Å². The molecule has 0 aliphatic carbocycles. The molecular weight excluding hydrogens is 252 g/mol. The molecule has 2 aromatic carbocycles. The molecule has 0 radical (unpaired) electrons. The van der Waals surface area contributed by atoms with Gasteiger partial charge in [0, 0.05) is 12.5 Å². The van der Waals surface area contributed by atoms with Gasteiger partial charge in [0.2, 0.25) is 0 Å². The van der Waals surface area contributed by atoms with Crippen LogP contribution in [-0.4, -0.2) is 9.91 Å². The van der Waals surface area contributed by atoms with Gasteiger partial charge < -0.3 is 0 Å². The summed E-state index contributed by atoms with van der Waals surface area (Å²) in [6.07, 6.45) is 0.590. The number of para-hydroxylation sites is 1. The number of benzene rings is 2. The SMILES string of the molecule is O=[N+]([O-])c1cc(Cc2ccccc2)nc2ccccc12. The van der Waals surface area contributed by atoms with Crippen molar-refractivity contribution >= 4 is 16.6 Å². The van der Waals surface area contributed by atoms with E-state index in [1.165, 1.54) is 0 Å². The van der Waals surface area contributed by atoms with Gasteiger partial charge in [-0.15, -0.1) is 0 Å². The van der Waals surface area contributed by atoms with Crippen molar-refractivity contribution in [1.29, 1.82) is 0 Å². The Morgan fingerprint density at radius 1 is 1.00 bits per heavy atom. The second kappa shape index (κ2) is 5.09. The zero-order chi connectivity index (χ0) is 13.9. The monoisotopic (exact) mass is 264 g/mol. The van der Waals surface area contributed by atoms with Crippen molar-refractivity contribution in [2.24, 2.45) is 0 Å². The van der Waals surface area contributed by atoms with Crippen LogP contribution >= 0.6 is 0 Å². The van der Waals surface area contributed by atoms with Crippen LogP contribution in [0.5, 0.6) is 0 Å². The van der Waals surface area contributed by atoms with Gasteiger partial charge in [0.25, 0.3) is 5.69 Å². The van der Waals surface area contributed by atoms with Crippen LogP contribution in [0, 0.1) is 10.1 Å². The normalized spacial score (nSPS) is 10.6. The lowest BCUT2D eigenvalue weighted by Gasteiger charge is -2.04. The number of nitrogens with zero attached hydrogens (tertiary/aromatic N) is 2. The minimum Gasteiger partial charge on any atom is -0.258 e. The molecule has 0 saturated carbocycles. The Hall–Kier alpha value is -2.75. The summed E-state index contributed by atoms with van der Waals surface area (Å²) in [5.41, 5.74) is 2.57. The van der Waals surface area contributed by atoms with E-state index in [1.54, 1.807) is 24.3 Å². The first kappa shape index (κ1) is 12.3. The van der Waals surface area contributed by atoms with Gasteiger partial charge in [0.15, 0.2) is 0 Å². The Morgan fingerprint density at radius 2 is 1.70 bits per heavy atom. The summed E-state index contributed by atoms with van der Waals surface area (Å²) in [5, 5.41) is 11.8. The van der Waals surface area contributed by atoms with Gasteiger partial charge in [0.1, 0.15) is 0 Å². The Morgan fingerprint density at radius 3 is 2.45 bits per heavy atom. The maximum atomic E-state index is 11.2. The lowest BCUT2D eigenvalue weighted by molar-refractivity contribution is -0.383. The van der Waals surface area contributed by atoms with Crippen molar-refractivity contribution in [3.8, 4) is 0 Å². The molecule has 0 atom stereocenters. The summed E-state index contributed by atoms with van der Waals surface area (Å²) in [4.78, 5) is 15.4. The topological polar surface area (TPSA) is 56.0 Å². The van der Waals surface area contributed by atoms with E-state index in [2.05, 4.69) is 4.98 Å². The molecule has 0 unspecified atom stereocenters. The van der Waals surface area contributed by atoms with Gasteiger partial charge >= 0.3 is 0 Å². The van der Waals surface area contributed by atoms with Crippen LogP contribution < -0.4 is 0 Å². The summed E-state index contributed by atoms with van der Waals surface area (Å²) < 4.78 is 0. The van der Waals surface area contributed by atoms with Crippen LogP contribution in [0.2, 0.25) is 0 Å². The van der Waals surface area contributed by atoms with E-state index in [4.69, 9.17) is 0 Å². The molecule has 4 nitrogen and oxygen atoms in total. The first-order chi connectivity index (χ1) is 9.74.